The molecule has 0 unspecified atom stereocenters. The van der Waals surface area contributed by atoms with Gasteiger partial charge in [-0.3, -0.25) is 0 Å². The SMILES string of the molecule is c1ccc(-c2ccccc2-c2ccc3cc4cc(-c5ccc(N(c6ccccc6-c6ccccc6)c6ccccc6-c6ccccc6)cc5)ccc4cc3c2)cc1. The van der Waals surface area contributed by atoms with Crippen molar-refractivity contribution in [2.75, 3.05) is 4.90 Å². The van der Waals surface area contributed by atoms with Gasteiger partial charge >= 0.3 is 0 Å². The fraction of sp³-hybridized carbons (Fsp3) is 0. The molecule has 0 amide bonds. The van der Waals surface area contributed by atoms with Crippen molar-refractivity contribution in [2.45, 2.75) is 0 Å². The van der Waals surface area contributed by atoms with Crippen LogP contribution < -0.4 is 4.90 Å². The lowest BCUT2D eigenvalue weighted by Gasteiger charge is -2.30. The van der Waals surface area contributed by atoms with Crippen LogP contribution in [0.15, 0.2) is 237 Å². The fourth-order valence-corrected chi connectivity index (χ4v) is 8.22. The van der Waals surface area contributed by atoms with Crippen LogP contribution in [0.5, 0.6) is 0 Å². The van der Waals surface area contributed by atoms with Gasteiger partial charge in [0, 0.05) is 16.8 Å². The van der Waals surface area contributed by atoms with Gasteiger partial charge in [-0.25, -0.2) is 0 Å². The van der Waals surface area contributed by atoms with Crippen LogP contribution in [0.3, 0.4) is 0 Å². The van der Waals surface area contributed by atoms with Gasteiger partial charge in [-0.2, -0.15) is 0 Å². The van der Waals surface area contributed by atoms with Crippen LogP contribution in [0.25, 0.3) is 77.2 Å². The predicted molar refractivity (Wildman–Crippen MR) is 243 cm³/mol. The molecule has 0 N–H and O–H groups in total. The Morgan fingerprint density at radius 3 is 1.09 bits per heavy atom. The molecule has 0 heterocycles. The van der Waals surface area contributed by atoms with E-state index in [1.165, 1.54) is 77.2 Å². The summed E-state index contributed by atoms with van der Waals surface area (Å²) in [5.41, 5.74) is 15.4. The summed E-state index contributed by atoms with van der Waals surface area (Å²) in [6.45, 7) is 0. The second-order valence-electron chi connectivity index (χ2n) is 14.5. The number of benzene rings is 10. The van der Waals surface area contributed by atoms with E-state index in [0.29, 0.717) is 0 Å². The van der Waals surface area contributed by atoms with Crippen LogP contribution in [0.2, 0.25) is 0 Å². The summed E-state index contributed by atoms with van der Waals surface area (Å²) in [5, 5.41) is 4.95. The molecule has 1 nitrogen and oxygen atoms in total. The Morgan fingerprint density at radius 2 is 0.579 bits per heavy atom. The third-order valence-corrected chi connectivity index (χ3v) is 11.0. The Labute approximate surface area is 334 Å². The largest absolute Gasteiger partial charge is 0.309 e. The predicted octanol–water partition coefficient (Wildman–Crippen LogP) is 15.8. The van der Waals surface area contributed by atoms with Crippen molar-refractivity contribution < 1.29 is 0 Å². The number of rotatable bonds is 8. The van der Waals surface area contributed by atoms with Crippen LogP contribution in [0.1, 0.15) is 0 Å². The monoisotopic (exact) mass is 725 g/mol. The highest BCUT2D eigenvalue weighted by atomic mass is 15.1. The van der Waals surface area contributed by atoms with Crippen molar-refractivity contribution in [3.8, 4) is 55.6 Å². The molecule has 0 saturated carbocycles. The van der Waals surface area contributed by atoms with E-state index in [2.05, 4.69) is 241 Å². The van der Waals surface area contributed by atoms with Crippen LogP contribution >= 0.6 is 0 Å². The van der Waals surface area contributed by atoms with Gasteiger partial charge in [0.15, 0.2) is 0 Å². The van der Waals surface area contributed by atoms with Crippen molar-refractivity contribution in [3.05, 3.63) is 237 Å². The zero-order chi connectivity index (χ0) is 38.0. The highest BCUT2D eigenvalue weighted by Gasteiger charge is 2.20. The third kappa shape index (κ3) is 6.66. The van der Waals surface area contributed by atoms with Crippen LogP contribution in [-0.4, -0.2) is 0 Å². The van der Waals surface area contributed by atoms with E-state index in [1.54, 1.807) is 0 Å². The molecule has 57 heavy (non-hydrogen) atoms. The van der Waals surface area contributed by atoms with Crippen molar-refractivity contribution in [3.63, 3.8) is 0 Å². The molecule has 10 aromatic rings. The second kappa shape index (κ2) is 15.0. The number of fused-ring (bicyclic) bond motifs is 2. The quantitative estimate of drug-likeness (QED) is 0.141. The summed E-state index contributed by atoms with van der Waals surface area (Å²) in [5.74, 6) is 0. The number of para-hydroxylation sites is 2. The molecule has 0 aliphatic rings. The summed E-state index contributed by atoms with van der Waals surface area (Å²) in [6.07, 6.45) is 0. The Hall–Kier alpha value is -7.48. The van der Waals surface area contributed by atoms with Gasteiger partial charge in [-0.15, -0.1) is 0 Å². The normalized spacial score (nSPS) is 11.2. The molecule has 0 bridgehead atoms. The number of nitrogens with zero attached hydrogens (tertiary/aromatic N) is 1. The minimum Gasteiger partial charge on any atom is -0.309 e. The Morgan fingerprint density at radius 1 is 0.211 bits per heavy atom. The molecule has 1 heteroatoms. The summed E-state index contributed by atoms with van der Waals surface area (Å²) >= 11 is 0. The van der Waals surface area contributed by atoms with Gasteiger partial charge in [-0.05, 0) is 115 Å². The number of anilines is 3. The molecule has 10 rings (SSSR count). The zero-order valence-corrected chi connectivity index (χ0v) is 31.5. The molecule has 0 saturated heterocycles. The van der Waals surface area contributed by atoms with Gasteiger partial charge in [0.2, 0.25) is 0 Å². The first-order chi connectivity index (χ1) is 28.3. The highest BCUT2D eigenvalue weighted by Crippen LogP contribution is 2.45. The second-order valence-corrected chi connectivity index (χ2v) is 14.5. The van der Waals surface area contributed by atoms with Crippen molar-refractivity contribution in [1.29, 1.82) is 0 Å². The van der Waals surface area contributed by atoms with Crippen molar-refractivity contribution in [2.24, 2.45) is 0 Å². The van der Waals surface area contributed by atoms with E-state index in [4.69, 9.17) is 0 Å². The van der Waals surface area contributed by atoms with Crippen LogP contribution in [0, 0.1) is 0 Å². The molecule has 268 valence electrons. The smallest absolute Gasteiger partial charge is 0.0540 e. The zero-order valence-electron chi connectivity index (χ0n) is 31.5. The van der Waals surface area contributed by atoms with E-state index in [1.807, 2.05) is 0 Å². The van der Waals surface area contributed by atoms with Gasteiger partial charge < -0.3 is 4.90 Å². The molecule has 0 atom stereocenters. The molecule has 0 spiro atoms. The standard InChI is InChI=1S/C56H39N/c1-4-16-41(17-5-1)51-22-10-11-23-52(51)47-31-30-46-37-48-36-44(28-29-45(48)38-49(46)39-47)40-32-34-50(35-33-40)57(55-26-14-12-24-53(55)42-18-6-2-7-19-42)56-27-15-13-25-54(56)43-20-8-3-9-21-43/h1-39H. The maximum absolute atomic E-state index is 2.41. The van der Waals surface area contributed by atoms with E-state index in [-0.39, 0.29) is 0 Å². The maximum atomic E-state index is 2.41. The van der Waals surface area contributed by atoms with Crippen LogP contribution in [0.4, 0.5) is 17.1 Å². The first-order valence-corrected chi connectivity index (χ1v) is 19.6. The average Bonchev–Trinajstić information content (AvgIpc) is 3.29. The average molecular weight is 726 g/mol. The topological polar surface area (TPSA) is 3.24 Å². The molecule has 0 aliphatic heterocycles. The lowest BCUT2D eigenvalue weighted by molar-refractivity contribution is 1.28. The fourth-order valence-electron chi connectivity index (χ4n) is 8.22. The van der Waals surface area contributed by atoms with Crippen LogP contribution in [-0.2, 0) is 0 Å². The summed E-state index contributed by atoms with van der Waals surface area (Å²) in [4.78, 5) is 2.41. The Bertz CT molecular complexity index is 2900. The Kier molecular flexibility index (Phi) is 8.95. The van der Waals surface area contributed by atoms with Crippen molar-refractivity contribution >= 4 is 38.6 Å². The van der Waals surface area contributed by atoms with Crippen molar-refractivity contribution in [1.82, 2.24) is 0 Å². The summed E-state index contributed by atoms with van der Waals surface area (Å²) in [7, 11) is 0. The molecule has 0 fully saturated rings. The number of hydrogen-bond acceptors (Lipinski definition) is 1. The molecule has 0 aliphatic carbocycles. The van der Waals surface area contributed by atoms with E-state index in [0.717, 1.165) is 17.1 Å². The molecule has 0 aromatic heterocycles. The van der Waals surface area contributed by atoms with Gasteiger partial charge in [0.1, 0.15) is 0 Å². The minimum atomic E-state index is 1.10. The van der Waals surface area contributed by atoms with E-state index in [9.17, 15) is 0 Å². The van der Waals surface area contributed by atoms with E-state index < -0.39 is 0 Å². The maximum Gasteiger partial charge on any atom is 0.0540 e. The summed E-state index contributed by atoms with van der Waals surface area (Å²) < 4.78 is 0. The lowest BCUT2D eigenvalue weighted by Crippen LogP contribution is -2.12. The van der Waals surface area contributed by atoms with E-state index >= 15 is 0 Å². The lowest BCUT2D eigenvalue weighted by atomic mass is 9.92. The third-order valence-electron chi connectivity index (χ3n) is 11.0. The highest BCUT2D eigenvalue weighted by molar-refractivity contribution is 6.02. The molecule has 10 aromatic carbocycles. The first kappa shape index (κ1) is 34.0. The first-order valence-electron chi connectivity index (χ1n) is 19.6. The van der Waals surface area contributed by atoms with Gasteiger partial charge in [-0.1, -0.05) is 188 Å². The minimum absolute atomic E-state index is 1.10. The molecular formula is C56H39N. The molecular weight excluding hydrogens is 687 g/mol. The molecule has 0 radical (unpaired) electrons. The van der Waals surface area contributed by atoms with Gasteiger partial charge in [0.05, 0.1) is 11.4 Å². The van der Waals surface area contributed by atoms with Gasteiger partial charge in [0.25, 0.3) is 0 Å². The summed E-state index contributed by atoms with van der Waals surface area (Å²) in [6, 6.07) is 85.6. The Balaban J connectivity index is 1.03. The number of hydrogen-bond donors (Lipinski definition) is 0.